The lowest BCUT2D eigenvalue weighted by Gasteiger charge is -2.36. The van der Waals surface area contributed by atoms with Gasteiger partial charge in [0.2, 0.25) is 5.91 Å². The van der Waals surface area contributed by atoms with Crippen LogP contribution in [0.15, 0.2) is 46.6 Å². The van der Waals surface area contributed by atoms with Crippen LogP contribution in [0.1, 0.15) is 42.9 Å². The van der Waals surface area contributed by atoms with Crippen LogP contribution in [-0.4, -0.2) is 40.4 Å². The van der Waals surface area contributed by atoms with E-state index in [0.717, 1.165) is 19.0 Å². The molecule has 3 aromatic rings. The molecule has 0 bridgehead atoms. The van der Waals surface area contributed by atoms with Crippen LogP contribution in [-0.2, 0) is 11.2 Å². The minimum absolute atomic E-state index is 0.0160. The molecule has 158 valence electrons. The average molecular weight is 425 g/mol. The first-order chi connectivity index (χ1) is 14.6. The topological polar surface area (TPSA) is 78.1 Å². The number of aromatic amines is 1. The summed E-state index contributed by atoms with van der Waals surface area (Å²) in [6.45, 7) is 5.06. The van der Waals surface area contributed by atoms with E-state index in [2.05, 4.69) is 44.6 Å². The summed E-state index contributed by atoms with van der Waals surface area (Å²) in [4.78, 5) is 35.8. The molecule has 30 heavy (non-hydrogen) atoms. The summed E-state index contributed by atoms with van der Waals surface area (Å²) in [5.41, 5.74) is 0.502. The van der Waals surface area contributed by atoms with Gasteiger partial charge in [0, 0.05) is 24.3 Å². The van der Waals surface area contributed by atoms with E-state index in [0.29, 0.717) is 36.1 Å². The van der Waals surface area contributed by atoms with Gasteiger partial charge in [0.15, 0.2) is 0 Å². The van der Waals surface area contributed by atoms with Gasteiger partial charge in [-0.3, -0.25) is 14.5 Å². The molecule has 0 aliphatic carbocycles. The SMILES string of the molecule is CC1CCN(C(CNC(=O)CCc2nc3ccccc3c(=O)[nH]2)c2cccs2)CC1. The maximum Gasteiger partial charge on any atom is 0.258 e. The van der Waals surface area contributed by atoms with Gasteiger partial charge in [0.05, 0.1) is 16.9 Å². The molecule has 0 radical (unpaired) electrons. The summed E-state index contributed by atoms with van der Waals surface area (Å²) in [7, 11) is 0. The molecule has 1 fully saturated rings. The zero-order valence-electron chi connectivity index (χ0n) is 17.3. The number of H-pyrrole nitrogens is 1. The lowest BCUT2D eigenvalue weighted by atomic mass is 9.97. The Morgan fingerprint density at radius 3 is 2.83 bits per heavy atom. The third kappa shape index (κ3) is 4.96. The first-order valence-corrected chi connectivity index (χ1v) is 11.5. The molecule has 3 heterocycles. The van der Waals surface area contributed by atoms with Crippen LogP contribution in [0.5, 0.6) is 0 Å². The summed E-state index contributed by atoms with van der Waals surface area (Å²) in [6.07, 6.45) is 3.12. The minimum atomic E-state index is -0.159. The molecule has 2 N–H and O–H groups in total. The molecule has 1 aliphatic heterocycles. The molecule has 7 heteroatoms. The highest BCUT2D eigenvalue weighted by atomic mass is 32.1. The second kappa shape index (κ2) is 9.53. The molecule has 0 saturated carbocycles. The highest BCUT2D eigenvalue weighted by Crippen LogP contribution is 2.29. The van der Waals surface area contributed by atoms with Crippen LogP contribution < -0.4 is 10.9 Å². The van der Waals surface area contributed by atoms with Gasteiger partial charge in [0.1, 0.15) is 5.82 Å². The van der Waals surface area contributed by atoms with E-state index in [1.165, 1.54) is 17.7 Å². The van der Waals surface area contributed by atoms with Crippen LogP contribution >= 0.6 is 11.3 Å². The van der Waals surface area contributed by atoms with Gasteiger partial charge in [0.25, 0.3) is 5.56 Å². The van der Waals surface area contributed by atoms with Gasteiger partial charge < -0.3 is 10.3 Å². The van der Waals surface area contributed by atoms with Crippen molar-refractivity contribution in [2.24, 2.45) is 5.92 Å². The number of nitrogens with zero attached hydrogens (tertiary/aromatic N) is 2. The van der Waals surface area contributed by atoms with Crippen LogP contribution in [0.25, 0.3) is 10.9 Å². The number of hydrogen-bond donors (Lipinski definition) is 2. The van der Waals surface area contributed by atoms with Crippen LogP contribution in [0.2, 0.25) is 0 Å². The van der Waals surface area contributed by atoms with Crippen molar-refractivity contribution in [1.29, 1.82) is 0 Å². The fourth-order valence-corrected chi connectivity index (χ4v) is 4.88. The van der Waals surface area contributed by atoms with Crippen LogP contribution in [0.3, 0.4) is 0 Å². The molecule has 1 aromatic carbocycles. The molecule has 1 aliphatic rings. The Morgan fingerprint density at radius 1 is 1.27 bits per heavy atom. The van der Waals surface area contributed by atoms with Crippen molar-refractivity contribution in [3.05, 3.63) is 62.8 Å². The van der Waals surface area contributed by atoms with Crippen molar-refractivity contribution in [2.45, 2.75) is 38.6 Å². The van der Waals surface area contributed by atoms with Crippen molar-refractivity contribution in [1.82, 2.24) is 20.2 Å². The fraction of sp³-hybridized carbons (Fsp3) is 0.435. The van der Waals surface area contributed by atoms with Gasteiger partial charge in [-0.25, -0.2) is 4.98 Å². The predicted molar refractivity (Wildman–Crippen MR) is 121 cm³/mol. The van der Waals surface area contributed by atoms with Crippen molar-refractivity contribution in [3.63, 3.8) is 0 Å². The largest absolute Gasteiger partial charge is 0.354 e. The molecular formula is C23H28N4O2S. The van der Waals surface area contributed by atoms with E-state index in [-0.39, 0.29) is 17.5 Å². The molecule has 6 nitrogen and oxygen atoms in total. The molecule has 1 unspecified atom stereocenters. The number of para-hydroxylation sites is 1. The van der Waals surface area contributed by atoms with Crippen molar-refractivity contribution >= 4 is 28.1 Å². The van der Waals surface area contributed by atoms with E-state index >= 15 is 0 Å². The van der Waals surface area contributed by atoms with Gasteiger partial charge in [-0.2, -0.15) is 0 Å². The molecule has 1 amide bonds. The summed E-state index contributed by atoms with van der Waals surface area (Å²) >= 11 is 1.75. The van der Waals surface area contributed by atoms with E-state index < -0.39 is 0 Å². The average Bonchev–Trinajstić information content (AvgIpc) is 3.28. The lowest BCUT2D eigenvalue weighted by Crippen LogP contribution is -2.41. The van der Waals surface area contributed by atoms with Gasteiger partial charge in [-0.1, -0.05) is 25.1 Å². The molecular weight excluding hydrogens is 396 g/mol. The van der Waals surface area contributed by atoms with Crippen LogP contribution in [0, 0.1) is 5.92 Å². The number of amides is 1. The number of piperidine rings is 1. The molecule has 2 aromatic heterocycles. The number of likely N-dealkylation sites (tertiary alicyclic amines) is 1. The minimum Gasteiger partial charge on any atom is -0.354 e. The smallest absolute Gasteiger partial charge is 0.258 e. The Hall–Kier alpha value is -2.51. The quantitative estimate of drug-likeness (QED) is 0.608. The Bertz CT molecular complexity index is 1040. The number of carbonyl (C=O) groups excluding carboxylic acids is 1. The highest BCUT2D eigenvalue weighted by molar-refractivity contribution is 7.10. The number of rotatable bonds is 7. The Morgan fingerprint density at radius 2 is 2.07 bits per heavy atom. The number of carbonyl (C=O) groups is 1. The number of fused-ring (bicyclic) bond motifs is 1. The molecule has 1 saturated heterocycles. The molecule has 0 spiro atoms. The van der Waals surface area contributed by atoms with E-state index in [9.17, 15) is 9.59 Å². The summed E-state index contributed by atoms with van der Waals surface area (Å²) in [5.74, 6) is 1.31. The Labute approximate surface area is 180 Å². The van der Waals surface area contributed by atoms with Crippen molar-refractivity contribution in [2.75, 3.05) is 19.6 Å². The van der Waals surface area contributed by atoms with E-state index in [1.807, 2.05) is 18.2 Å². The Balaban J connectivity index is 1.35. The first-order valence-electron chi connectivity index (χ1n) is 10.6. The lowest BCUT2D eigenvalue weighted by molar-refractivity contribution is -0.121. The van der Waals surface area contributed by atoms with E-state index in [1.54, 1.807) is 17.4 Å². The zero-order valence-corrected chi connectivity index (χ0v) is 18.1. The maximum atomic E-state index is 12.5. The maximum absolute atomic E-state index is 12.5. The zero-order chi connectivity index (χ0) is 20.9. The number of hydrogen-bond acceptors (Lipinski definition) is 5. The van der Waals surface area contributed by atoms with Gasteiger partial charge >= 0.3 is 0 Å². The normalized spacial score (nSPS) is 16.6. The van der Waals surface area contributed by atoms with E-state index in [4.69, 9.17) is 0 Å². The van der Waals surface area contributed by atoms with Gasteiger partial charge in [-0.05, 0) is 55.4 Å². The third-order valence-electron chi connectivity index (χ3n) is 5.87. The second-order valence-electron chi connectivity index (χ2n) is 8.08. The number of thiophene rings is 1. The fourth-order valence-electron chi connectivity index (χ4n) is 4.01. The summed E-state index contributed by atoms with van der Waals surface area (Å²) in [6, 6.07) is 11.7. The monoisotopic (exact) mass is 424 g/mol. The number of benzene rings is 1. The highest BCUT2D eigenvalue weighted by Gasteiger charge is 2.25. The number of nitrogens with one attached hydrogen (secondary N) is 2. The predicted octanol–water partition coefficient (Wildman–Crippen LogP) is 3.51. The third-order valence-corrected chi connectivity index (χ3v) is 6.85. The molecule has 1 atom stereocenters. The number of aromatic nitrogens is 2. The summed E-state index contributed by atoms with van der Waals surface area (Å²) in [5, 5.41) is 5.77. The number of aryl methyl sites for hydroxylation is 1. The van der Waals surface area contributed by atoms with Crippen molar-refractivity contribution < 1.29 is 4.79 Å². The Kier molecular flexibility index (Phi) is 6.59. The summed E-state index contributed by atoms with van der Waals surface area (Å²) < 4.78 is 0. The van der Waals surface area contributed by atoms with Crippen LogP contribution in [0.4, 0.5) is 0 Å². The standard InChI is InChI=1S/C23H28N4O2S/c1-16-10-12-27(13-11-16)19(20-7-4-14-30-20)15-24-22(28)9-8-21-25-18-6-3-2-5-17(18)23(29)26-21/h2-7,14,16,19H,8-13,15H2,1H3,(H,24,28)(H,25,26,29). The first kappa shape index (κ1) is 20.8. The molecule has 4 rings (SSSR count). The van der Waals surface area contributed by atoms with Gasteiger partial charge in [-0.15, -0.1) is 11.3 Å². The van der Waals surface area contributed by atoms with Crippen molar-refractivity contribution in [3.8, 4) is 0 Å². The second-order valence-corrected chi connectivity index (χ2v) is 9.06.